The predicted octanol–water partition coefficient (Wildman–Crippen LogP) is 2.50. The van der Waals surface area contributed by atoms with E-state index in [-0.39, 0.29) is 0 Å². The first-order valence-electron chi connectivity index (χ1n) is 4.66. The molecular weight excluding hydrogens is 258 g/mol. The zero-order chi connectivity index (χ0) is 11.3. The second kappa shape index (κ2) is 5.70. The van der Waals surface area contributed by atoms with Crippen LogP contribution in [-0.2, 0) is 0 Å². The predicted molar refractivity (Wildman–Crippen MR) is 64.5 cm³/mol. The van der Waals surface area contributed by atoms with Gasteiger partial charge in [-0.3, -0.25) is 0 Å². The molecule has 1 aromatic rings. The summed E-state index contributed by atoms with van der Waals surface area (Å²) >= 11 is 3.27. The Labute approximate surface area is 97.9 Å². The van der Waals surface area contributed by atoms with Gasteiger partial charge in [0.05, 0.1) is 12.2 Å². The number of nitrogens with zero attached hydrogens (tertiary/aromatic N) is 2. The molecule has 5 heteroatoms. The highest BCUT2D eigenvalue weighted by Gasteiger charge is 2.06. The molecule has 0 aromatic carbocycles. The summed E-state index contributed by atoms with van der Waals surface area (Å²) in [5.74, 6) is 1.39. The minimum atomic E-state index is 0.600. The first-order valence-corrected chi connectivity index (χ1v) is 5.46. The molecule has 0 radical (unpaired) electrons. The molecule has 0 aliphatic heterocycles. The number of hydrogen-bond donors (Lipinski definition) is 1. The van der Waals surface area contributed by atoms with Gasteiger partial charge < -0.3 is 10.1 Å². The number of halogens is 1. The van der Waals surface area contributed by atoms with Crippen molar-refractivity contribution in [1.29, 1.82) is 0 Å². The van der Waals surface area contributed by atoms with Gasteiger partial charge >= 0.3 is 0 Å². The quantitative estimate of drug-likeness (QED) is 0.894. The van der Waals surface area contributed by atoms with Crippen LogP contribution >= 0.6 is 15.9 Å². The third-order valence-electron chi connectivity index (χ3n) is 1.77. The van der Waals surface area contributed by atoms with Gasteiger partial charge in [-0.2, -0.15) is 0 Å². The van der Waals surface area contributed by atoms with Gasteiger partial charge in [0, 0.05) is 11.0 Å². The molecule has 0 unspecified atom stereocenters. The van der Waals surface area contributed by atoms with Gasteiger partial charge in [0.1, 0.15) is 12.1 Å². The standard InChI is InChI=1S/C10H14BrN3O/c1-4-15-10-8(3)9(13-6-14-10)12-5-7(2)11/h6H,2,4-5H2,1,3H3,(H,12,13,14). The number of ether oxygens (including phenoxy) is 1. The normalized spacial score (nSPS) is 9.80. The Morgan fingerprint density at radius 2 is 2.33 bits per heavy atom. The molecule has 15 heavy (non-hydrogen) atoms. The van der Waals surface area contributed by atoms with Gasteiger partial charge in [-0.05, 0) is 13.8 Å². The lowest BCUT2D eigenvalue weighted by Crippen LogP contribution is -2.07. The Morgan fingerprint density at radius 3 is 2.93 bits per heavy atom. The van der Waals surface area contributed by atoms with Crippen LogP contribution in [0.3, 0.4) is 0 Å². The van der Waals surface area contributed by atoms with Crippen molar-refractivity contribution in [3.8, 4) is 5.88 Å². The maximum absolute atomic E-state index is 5.36. The SMILES string of the molecule is C=C(Br)CNc1ncnc(OCC)c1C. The molecule has 0 aliphatic rings. The first-order chi connectivity index (χ1) is 7.15. The fraction of sp³-hybridized carbons (Fsp3) is 0.400. The van der Waals surface area contributed by atoms with E-state index < -0.39 is 0 Å². The van der Waals surface area contributed by atoms with Gasteiger partial charge in [0.25, 0.3) is 0 Å². The maximum Gasteiger partial charge on any atom is 0.221 e. The molecule has 1 N–H and O–H groups in total. The Balaban J connectivity index is 2.79. The van der Waals surface area contributed by atoms with Crippen molar-refractivity contribution in [2.45, 2.75) is 13.8 Å². The van der Waals surface area contributed by atoms with E-state index in [2.05, 4.69) is 37.8 Å². The smallest absolute Gasteiger partial charge is 0.221 e. The van der Waals surface area contributed by atoms with E-state index in [9.17, 15) is 0 Å². The van der Waals surface area contributed by atoms with E-state index in [1.165, 1.54) is 6.33 Å². The minimum absolute atomic E-state index is 0.600. The van der Waals surface area contributed by atoms with E-state index in [0.29, 0.717) is 19.0 Å². The van der Waals surface area contributed by atoms with Crippen molar-refractivity contribution < 1.29 is 4.74 Å². The fourth-order valence-electron chi connectivity index (χ4n) is 1.07. The van der Waals surface area contributed by atoms with E-state index in [4.69, 9.17) is 4.74 Å². The van der Waals surface area contributed by atoms with Gasteiger partial charge in [0.15, 0.2) is 0 Å². The molecule has 0 saturated heterocycles. The Bertz CT molecular complexity index is 355. The summed E-state index contributed by atoms with van der Waals surface area (Å²) in [6.45, 7) is 8.81. The second-order valence-corrected chi connectivity index (χ2v) is 4.08. The second-order valence-electron chi connectivity index (χ2n) is 2.96. The molecule has 82 valence electrons. The third-order valence-corrected chi connectivity index (χ3v) is 2.05. The fourth-order valence-corrected chi connectivity index (χ4v) is 1.21. The summed E-state index contributed by atoms with van der Waals surface area (Å²) in [4.78, 5) is 8.18. The number of anilines is 1. The number of hydrogen-bond acceptors (Lipinski definition) is 4. The van der Waals surface area contributed by atoms with E-state index in [1.807, 2.05) is 13.8 Å². The lowest BCUT2D eigenvalue weighted by atomic mass is 10.3. The van der Waals surface area contributed by atoms with Gasteiger partial charge in [-0.25, -0.2) is 9.97 Å². The highest BCUT2D eigenvalue weighted by molar-refractivity contribution is 9.11. The minimum Gasteiger partial charge on any atom is -0.478 e. The molecule has 1 rings (SSSR count). The van der Waals surface area contributed by atoms with Crippen LogP contribution in [0, 0.1) is 6.92 Å². The molecule has 0 spiro atoms. The third kappa shape index (κ3) is 3.51. The molecule has 0 bridgehead atoms. The van der Waals surface area contributed by atoms with Gasteiger partial charge in [0.2, 0.25) is 5.88 Å². The van der Waals surface area contributed by atoms with Crippen LogP contribution in [0.2, 0.25) is 0 Å². The Kier molecular flexibility index (Phi) is 4.55. The van der Waals surface area contributed by atoms with Crippen molar-refractivity contribution in [3.05, 3.63) is 23.0 Å². The van der Waals surface area contributed by atoms with Crippen molar-refractivity contribution in [2.24, 2.45) is 0 Å². The molecule has 4 nitrogen and oxygen atoms in total. The van der Waals surface area contributed by atoms with Crippen LogP contribution in [0.25, 0.3) is 0 Å². The van der Waals surface area contributed by atoms with E-state index in [1.54, 1.807) is 0 Å². The number of rotatable bonds is 5. The van der Waals surface area contributed by atoms with Crippen LogP contribution < -0.4 is 10.1 Å². The molecule has 0 amide bonds. The van der Waals surface area contributed by atoms with Crippen LogP contribution in [0.4, 0.5) is 5.82 Å². The topological polar surface area (TPSA) is 47.0 Å². The molecule has 1 heterocycles. The van der Waals surface area contributed by atoms with E-state index >= 15 is 0 Å². The summed E-state index contributed by atoms with van der Waals surface area (Å²) in [6.07, 6.45) is 1.48. The summed E-state index contributed by atoms with van der Waals surface area (Å²) in [6, 6.07) is 0. The summed E-state index contributed by atoms with van der Waals surface area (Å²) in [7, 11) is 0. The van der Waals surface area contributed by atoms with Crippen LogP contribution in [0.15, 0.2) is 17.4 Å². The lowest BCUT2D eigenvalue weighted by Gasteiger charge is -2.10. The van der Waals surface area contributed by atoms with E-state index in [0.717, 1.165) is 15.9 Å². The molecule has 0 saturated carbocycles. The summed E-state index contributed by atoms with van der Waals surface area (Å²) in [5.41, 5.74) is 0.910. The Morgan fingerprint density at radius 1 is 1.60 bits per heavy atom. The Hall–Kier alpha value is -1.10. The molecular formula is C10H14BrN3O. The molecule has 0 aliphatic carbocycles. The van der Waals surface area contributed by atoms with Gasteiger partial charge in [-0.1, -0.05) is 22.5 Å². The zero-order valence-electron chi connectivity index (χ0n) is 8.88. The number of nitrogens with one attached hydrogen (secondary N) is 1. The average molecular weight is 272 g/mol. The molecule has 0 atom stereocenters. The summed E-state index contributed by atoms with van der Waals surface area (Å²) < 4.78 is 6.23. The largest absolute Gasteiger partial charge is 0.478 e. The highest BCUT2D eigenvalue weighted by Crippen LogP contribution is 2.20. The van der Waals surface area contributed by atoms with Crippen LogP contribution in [0.5, 0.6) is 5.88 Å². The molecule has 1 aromatic heterocycles. The monoisotopic (exact) mass is 271 g/mol. The van der Waals surface area contributed by atoms with Gasteiger partial charge in [-0.15, -0.1) is 0 Å². The average Bonchev–Trinajstić information content (AvgIpc) is 2.19. The van der Waals surface area contributed by atoms with Crippen molar-refractivity contribution in [2.75, 3.05) is 18.5 Å². The lowest BCUT2D eigenvalue weighted by molar-refractivity contribution is 0.324. The summed E-state index contributed by atoms with van der Waals surface area (Å²) in [5, 5.41) is 3.13. The zero-order valence-corrected chi connectivity index (χ0v) is 10.5. The number of aromatic nitrogens is 2. The highest BCUT2D eigenvalue weighted by atomic mass is 79.9. The van der Waals surface area contributed by atoms with Crippen molar-refractivity contribution in [1.82, 2.24) is 9.97 Å². The van der Waals surface area contributed by atoms with Crippen molar-refractivity contribution >= 4 is 21.7 Å². The maximum atomic E-state index is 5.36. The van der Waals surface area contributed by atoms with Crippen LogP contribution in [0.1, 0.15) is 12.5 Å². The molecule has 0 fully saturated rings. The van der Waals surface area contributed by atoms with Crippen molar-refractivity contribution in [3.63, 3.8) is 0 Å². The van der Waals surface area contributed by atoms with Crippen LogP contribution in [-0.4, -0.2) is 23.1 Å². The first kappa shape index (κ1) is 12.0.